The molecule has 3 heteroatoms. The Labute approximate surface area is 125 Å². The maximum Gasteiger partial charge on any atom is 0.166 e. The Balaban J connectivity index is 2.36. The second kappa shape index (κ2) is 6.27. The van der Waals surface area contributed by atoms with E-state index < -0.39 is 0 Å². The van der Waals surface area contributed by atoms with Gasteiger partial charge in [0, 0.05) is 6.04 Å². The van der Waals surface area contributed by atoms with Crippen molar-refractivity contribution in [3.8, 4) is 11.5 Å². The highest BCUT2D eigenvalue weighted by Crippen LogP contribution is 2.33. The van der Waals surface area contributed by atoms with Crippen molar-refractivity contribution >= 4 is 0 Å². The first-order chi connectivity index (χ1) is 9.88. The first kappa shape index (κ1) is 15.5. The fraction of sp³-hybridized carbons (Fsp3) is 0.333. The van der Waals surface area contributed by atoms with Crippen LogP contribution in [0.1, 0.15) is 49.4 Å². The predicted molar refractivity (Wildman–Crippen MR) is 84.3 cm³/mol. The van der Waals surface area contributed by atoms with Crippen molar-refractivity contribution < 1.29 is 9.13 Å². The van der Waals surface area contributed by atoms with E-state index in [2.05, 4.69) is 13.8 Å². The molecule has 0 fully saturated rings. The average Bonchev–Trinajstić information content (AvgIpc) is 2.40. The maximum absolute atomic E-state index is 14.1. The van der Waals surface area contributed by atoms with Gasteiger partial charge in [0.15, 0.2) is 11.6 Å². The Bertz CT molecular complexity index is 635. The summed E-state index contributed by atoms with van der Waals surface area (Å²) in [6, 6.07) is 10.7. The van der Waals surface area contributed by atoms with Crippen LogP contribution in [0.2, 0.25) is 0 Å². The summed E-state index contributed by atoms with van der Waals surface area (Å²) in [6.45, 7) is 8.00. The van der Waals surface area contributed by atoms with Crippen LogP contribution in [0.4, 0.5) is 4.39 Å². The molecule has 112 valence electrons. The predicted octanol–water partition coefficient (Wildman–Crippen LogP) is 5.07. The third-order valence-corrected chi connectivity index (χ3v) is 3.49. The average molecular weight is 287 g/mol. The summed E-state index contributed by atoms with van der Waals surface area (Å²) < 4.78 is 20.0. The second-order valence-corrected chi connectivity index (χ2v) is 5.78. The Morgan fingerprint density at radius 2 is 1.71 bits per heavy atom. The van der Waals surface area contributed by atoms with Crippen molar-refractivity contribution in [3.05, 3.63) is 58.9 Å². The van der Waals surface area contributed by atoms with Gasteiger partial charge in [0.1, 0.15) is 5.75 Å². The van der Waals surface area contributed by atoms with E-state index in [0.717, 1.165) is 16.7 Å². The number of aryl methyl sites for hydroxylation is 1. The number of hydrogen-bond donors (Lipinski definition) is 1. The molecule has 0 bridgehead atoms. The number of benzene rings is 2. The smallest absolute Gasteiger partial charge is 0.166 e. The number of ether oxygens (including phenoxy) is 1. The highest BCUT2D eigenvalue weighted by molar-refractivity contribution is 5.43. The van der Waals surface area contributed by atoms with Crippen LogP contribution in [0, 0.1) is 12.7 Å². The van der Waals surface area contributed by atoms with Gasteiger partial charge in [0.2, 0.25) is 0 Å². The second-order valence-electron chi connectivity index (χ2n) is 5.78. The van der Waals surface area contributed by atoms with Gasteiger partial charge in [-0.2, -0.15) is 0 Å². The van der Waals surface area contributed by atoms with Crippen LogP contribution in [0.5, 0.6) is 11.5 Å². The summed E-state index contributed by atoms with van der Waals surface area (Å²) in [5.41, 5.74) is 8.67. The van der Waals surface area contributed by atoms with Gasteiger partial charge in [-0.25, -0.2) is 4.39 Å². The van der Waals surface area contributed by atoms with Crippen molar-refractivity contribution in [3.63, 3.8) is 0 Å². The van der Waals surface area contributed by atoms with Gasteiger partial charge in [-0.15, -0.1) is 0 Å². The minimum absolute atomic E-state index is 0.196. The molecule has 2 nitrogen and oxygen atoms in total. The van der Waals surface area contributed by atoms with Gasteiger partial charge < -0.3 is 10.5 Å². The number of rotatable bonds is 4. The molecule has 2 aromatic carbocycles. The molecule has 0 aliphatic heterocycles. The summed E-state index contributed by atoms with van der Waals surface area (Å²) in [7, 11) is 0. The molecular weight excluding hydrogens is 265 g/mol. The standard InChI is InChI=1S/C18H22FNO/c1-11(2)15-7-5-12(3)9-18(15)21-17-8-6-14(13(4)20)10-16(17)19/h5-11,13H,20H2,1-4H3/t13-/m0/s1. The molecule has 2 rings (SSSR count). The first-order valence-corrected chi connectivity index (χ1v) is 7.22. The highest BCUT2D eigenvalue weighted by Gasteiger charge is 2.12. The van der Waals surface area contributed by atoms with Crippen LogP contribution in [-0.4, -0.2) is 0 Å². The largest absolute Gasteiger partial charge is 0.454 e. The zero-order chi connectivity index (χ0) is 15.6. The molecule has 0 radical (unpaired) electrons. The van der Waals surface area contributed by atoms with Crippen LogP contribution in [0.15, 0.2) is 36.4 Å². The van der Waals surface area contributed by atoms with Crippen LogP contribution in [0.3, 0.4) is 0 Å². The Morgan fingerprint density at radius 1 is 1.00 bits per heavy atom. The fourth-order valence-electron chi connectivity index (χ4n) is 2.21. The quantitative estimate of drug-likeness (QED) is 0.852. The molecule has 21 heavy (non-hydrogen) atoms. The zero-order valence-corrected chi connectivity index (χ0v) is 13.0. The van der Waals surface area contributed by atoms with Gasteiger partial charge in [-0.3, -0.25) is 0 Å². The molecule has 2 aromatic rings. The fourth-order valence-corrected chi connectivity index (χ4v) is 2.21. The van der Waals surface area contributed by atoms with Gasteiger partial charge in [-0.05, 0) is 54.7 Å². The first-order valence-electron chi connectivity index (χ1n) is 7.22. The van der Waals surface area contributed by atoms with E-state index in [1.807, 2.05) is 32.0 Å². The summed E-state index contributed by atoms with van der Waals surface area (Å²) >= 11 is 0. The van der Waals surface area contributed by atoms with Crippen LogP contribution in [0.25, 0.3) is 0 Å². The summed E-state index contributed by atoms with van der Waals surface area (Å²) in [5, 5.41) is 0. The molecule has 2 N–H and O–H groups in total. The van der Waals surface area contributed by atoms with E-state index in [1.165, 1.54) is 6.07 Å². The lowest BCUT2D eigenvalue weighted by Gasteiger charge is -2.16. The minimum Gasteiger partial charge on any atom is -0.454 e. The highest BCUT2D eigenvalue weighted by atomic mass is 19.1. The number of hydrogen-bond acceptors (Lipinski definition) is 2. The van der Waals surface area contributed by atoms with E-state index >= 15 is 0 Å². The monoisotopic (exact) mass is 287 g/mol. The van der Waals surface area contributed by atoms with E-state index in [4.69, 9.17) is 10.5 Å². The Kier molecular flexibility index (Phi) is 4.63. The number of nitrogens with two attached hydrogens (primary N) is 1. The van der Waals surface area contributed by atoms with Crippen molar-refractivity contribution in [2.75, 3.05) is 0 Å². The molecule has 0 aliphatic rings. The lowest BCUT2D eigenvalue weighted by atomic mass is 10.0. The van der Waals surface area contributed by atoms with Crippen LogP contribution >= 0.6 is 0 Å². The normalized spacial score (nSPS) is 12.5. The van der Waals surface area contributed by atoms with Crippen molar-refractivity contribution in [2.24, 2.45) is 5.73 Å². The lowest BCUT2D eigenvalue weighted by Crippen LogP contribution is -2.05. The van der Waals surface area contributed by atoms with Gasteiger partial charge in [0.25, 0.3) is 0 Å². The van der Waals surface area contributed by atoms with Crippen molar-refractivity contribution in [1.29, 1.82) is 0 Å². The summed E-state index contributed by atoms with van der Waals surface area (Å²) in [5.74, 6) is 0.859. The summed E-state index contributed by atoms with van der Waals surface area (Å²) in [4.78, 5) is 0. The Morgan fingerprint density at radius 3 is 2.29 bits per heavy atom. The van der Waals surface area contributed by atoms with E-state index in [0.29, 0.717) is 11.7 Å². The molecule has 0 unspecified atom stereocenters. The molecule has 1 atom stereocenters. The number of halogens is 1. The topological polar surface area (TPSA) is 35.2 Å². The SMILES string of the molecule is Cc1ccc(C(C)C)c(Oc2ccc([C@H](C)N)cc2F)c1. The molecular formula is C18H22FNO. The molecule has 0 saturated carbocycles. The molecule has 0 aromatic heterocycles. The molecule has 0 saturated heterocycles. The lowest BCUT2D eigenvalue weighted by molar-refractivity contribution is 0.434. The van der Waals surface area contributed by atoms with Gasteiger partial charge in [-0.1, -0.05) is 32.0 Å². The Hall–Kier alpha value is -1.87. The van der Waals surface area contributed by atoms with Crippen LogP contribution < -0.4 is 10.5 Å². The molecule has 0 aliphatic carbocycles. The summed E-state index contributed by atoms with van der Waals surface area (Å²) in [6.07, 6.45) is 0. The molecule has 0 spiro atoms. The van der Waals surface area contributed by atoms with Crippen molar-refractivity contribution in [2.45, 2.75) is 39.7 Å². The van der Waals surface area contributed by atoms with Crippen molar-refractivity contribution in [1.82, 2.24) is 0 Å². The van der Waals surface area contributed by atoms with Gasteiger partial charge >= 0.3 is 0 Å². The third kappa shape index (κ3) is 3.61. The molecule has 0 heterocycles. The minimum atomic E-state index is -0.388. The zero-order valence-electron chi connectivity index (χ0n) is 13.0. The van der Waals surface area contributed by atoms with Crippen LogP contribution in [-0.2, 0) is 0 Å². The maximum atomic E-state index is 14.1. The van der Waals surface area contributed by atoms with Gasteiger partial charge in [0.05, 0.1) is 0 Å². The van der Waals surface area contributed by atoms with E-state index in [9.17, 15) is 4.39 Å². The molecule has 0 amide bonds. The third-order valence-electron chi connectivity index (χ3n) is 3.49. The van der Waals surface area contributed by atoms with E-state index in [1.54, 1.807) is 12.1 Å². The van der Waals surface area contributed by atoms with E-state index in [-0.39, 0.29) is 17.6 Å².